The highest BCUT2D eigenvalue weighted by atomic mass is 19.1. The summed E-state index contributed by atoms with van der Waals surface area (Å²) in [6.07, 6.45) is 4.27. The summed E-state index contributed by atoms with van der Waals surface area (Å²) < 4.78 is 13.3. The van der Waals surface area contributed by atoms with Crippen LogP contribution in [0, 0.1) is 5.82 Å². The summed E-state index contributed by atoms with van der Waals surface area (Å²) in [7, 11) is 0. The quantitative estimate of drug-likeness (QED) is 0.655. The van der Waals surface area contributed by atoms with Gasteiger partial charge in [0, 0.05) is 51.7 Å². The van der Waals surface area contributed by atoms with Crippen molar-refractivity contribution >= 4 is 11.9 Å². The molecule has 1 aromatic carbocycles. The molecule has 1 fully saturated rings. The summed E-state index contributed by atoms with van der Waals surface area (Å²) in [6.45, 7) is 6.97. The number of nitrogens with one attached hydrogen (secondary N) is 1. The molecule has 0 unspecified atom stereocenters. The zero-order chi connectivity index (χ0) is 18.2. The summed E-state index contributed by atoms with van der Waals surface area (Å²) in [5, 5.41) is 3.36. The lowest BCUT2D eigenvalue weighted by molar-refractivity contribution is 0.370. The van der Waals surface area contributed by atoms with Gasteiger partial charge in [-0.25, -0.2) is 14.4 Å². The maximum absolute atomic E-state index is 13.3. The molecule has 1 N–H and O–H groups in total. The number of guanidine groups is 1. The molecule has 138 valence electrons. The van der Waals surface area contributed by atoms with Crippen molar-refractivity contribution in [1.29, 1.82) is 0 Å². The summed E-state index contributed by atoms with van der Waals surface area (Å²) in [6, 6.07) is 8.54. The molecule has 0 atom stereocenters. The van der Waals surface area contributed by atoms with E-state index in [4.69, 9.17) is 4.99 Å². The number of aliphatic imine (C=N–C) groups is 1. The fourth-order valence-electron chi connectivity index (χ4n) is 2.98. The fraction of sp³-hybridized carbons (Fsp3) is 0.421. The smallest absolute Gasteiger partial charge is 0.225 e. The molecule has 0 spiro atoms. The van der Waals surface area contributed by atoms with Crippen LogP contribution in [0.15, 0.2) is 47.7 Å². The first-order valence-corrected chi connectivity index (χ1v) is 9.06. The molecule has 6 nitrogen and oxygen atoms in total. The number of rotatable bonds is 5. The van der Waals surface area contributed by atoms with Gasteiger partial charge >= 0.3 is 0 Å². The van der Waals surface area contributed by atoms with Crippen LogP contribution < -0.4 is 10.2 Å². The first kappa shape index (κ1) is 18.1. The highest BCUT2D eigenvalue weighted by molar-refractivity contribution is 5.80. The van der Waals surface area contributed by atoms with Crippen molar-refractivity contribution in [2.75, 3.05) is 44.2 Å². The second-order valence-corrected chi connectivity index (χ2v) is 6.14. The largest absolute Gasteiger partial charge is 0.357 e. The SMILES string of the molecule is CCNC(=NCCc1cccc(F)c1)N1CCN(c2ncccn2)CC1. The van der Waals surface area contributed by atoms with Crippen LogP contribution in [0.3, 0.4) is 0 Å². The predicted molar refractivity (Wildman–Crippen MR) is 102 cm³/mol. The molecule has 26 heavy (non-hydrogen) atoms. The minimum Gasteiger partial charge on any atom is -0.357 e. The van der Waals surface area contributed by atoms with Crippen LogP contribution in [0.25, 0.3) is 0 Å². The van der Waals surface area contributed by atoms with Gasteiger partial charge in [-0.3, -0.25) is 4.99 Å². The topological polar surface area (TPSA) is 56.7 Å². The Labute approximate surface area is 153 Å². The third kappa shape index (κ3) is 4.91. The van der Waals surface area contributed by atoms with Gasteiger partial charge in [-0.05, 0) is 37.1 Å². The standard InChI is InChI=1S/C19H25FN6/c1-2-21-18(24-10-7-16-5-3-6-17(20)15-16)25-11-13-26(14-12-25)19-22-8-4-9-23-19/h3-6,8-9,15H,2,7,10-14H2,1H3,(H,21,24). The minimum atomic E-state index is -0.197. The molecule has 2 aromatic rings. The number of piperazine rings is 1. The molecular formula is C19H25FN6. The van der Waals surface area contributed by atoms with Crippen LogP contribution in [0.4, 0.5) is 10.3 Å². The van der Waals surface area contributed by atoms with Crippen molar-refractivity contribution in [3.63, 3.8) is 0 Å². The van der Waals surface area contributed by atoms with E-state index in [1.165, 1.54) is 6.07 Å². The monoisotopic (exact) mass is 356 g/mol. The van der Waals surface area contributed by atoms with E-state index in [0.29, 0.717) is 6.54 Å². The maximum atomic E-state index is 13.3. The van der Waals surface area contributed by atoms with E-state index in [1.54, 1.807) is 24.5 Å². The Morgan fingerprint density at radius 3 is 2.62 bits per heavy atom. The molecule has 0 aliphatic carbocycles. The number of hydrogen-bond donors (Lipinski definition) is 1. The third-order valence-electron chi connectivity index (χ3n) is 4.30. The molecule has 0 saturated carbocycles. The number of anilines is 1. The molecule has 1 aliphatic heterocycles. The van der Waals surface area contributed by atoms with Gasteiger partial charge < -0.3 is 15.1 Å². The first-order chi connectivity index (χ1) is 12.8. The van der Waals surface area contributed by atoms with E-state index in [0.717, 1.165) is 56.6 Å². The van der Waals surface area contributed by atoms with E-state index in [-0.39, 0.29) is 5.82 Å². The summed E-state index contributed by atoms with van der Waals surface area (Å²) >= 11 is 0. The average Bonchev–Trinajstić information content (AvgIpc) is 2.68. The van der Waals surface area contributed by atoms with E-state index >= 15 is 0 Å². The van der Waals surface area contributed by atoms with Gasteiger partial charge in [0.25, 0.3) is 0 Å². The molecule has 1 saturated heterocycles. The minimum absolute atomic E-state index is 0.197. The first-order valence-electron chi connectivity index (χ1n) is 9.06. The van der Waals surface area contributed by atoms with Gasteiger partial charge in [0.05, 0.1) is 0 Å². The van der Waals surface area contributed by atoms with E-state index < -0.39 is 0 Å². The highest BCUT2D eigenvalue weighted by Gasteiger charge is 2.20. The summed E-state index contributed by atoms with van der Waals surface area (Å²) in [5.41, 5.74) is 0.968. The Hall–Kier alpha value is -2.70. The highest BCUT2D eigenvalue weighted by Crippen LogP contribution is 2.10. The lowest BCUT2D eigenvalue weighted by atomic mass is 10.1. The molecule has 3 rings (SSSR count). The van der Waals surface area contributed by atoms with Crippen molar-refractivity contribution < 1.29 is 4.39 Å². The molecule has 1 aliphatic rings. The zero-order valence-corrected chi connectivity index (χ0v) is 15.1. The van der Waals surface area contributed by atoms with Gasteiger partial charge in [-0.1, -0.05) is 12.1 Å². The number of aromatic nitrogens is 2. The van der Waals surface area contributed by atoms with E-state index in [1.807, 2.05) is 12.1 Å². The second-order valence-electron chi connectivity index (χ2n) is 6.14. The molecule has 0 bridgehead atoms. The zero-order valence-electron chi connectivity index (χ0n) is 15.1. The van der Waals surface area contributed by atoms with Crippen molar-refractivity contribution in [2.24, 2.45) is 4.99 Å². The molecule has 7 heteroatoms. The van der Waals surface area contributed by atoms with Crippen LogP contribution in [-0.2, 0) is 6.42 Å². The Bertz CT molecular complexity index is 713. The second kappa shape index (κ2) is 9.12. The number of nitrogens with zero attached hydrogens (tertiary/aromatic N) is 5. The van der Waals surface area contributed by atoms with E-state index in [2.05, 4.69) is 32.0 Å². The lowest BCUT2D eigenvalue weighted by Gasteiger charge is -2.36. The number of halogens is 1. The normalized spacial score (nSPS) is 15.2. The Morgan fingerprint density at radius 1 is 1.15 bits per heavy atom. The van der Waals surface area contributed by atoms with Gasteiger partial charge in [0.15, 0.2) is 5.96 Å². The van der Waals surface area contributed by atoms with Crippen LogP contribution in [0.5, 0.6) is 0 Å². The van der Waals surface area contributed by atoms with Crippen molar-refractivity contribution in [1.82, 2.24) is 20.2 Å². The van der Waals surface area contributed by atoms with Gasteiger partial charge in [-0.15, -0.1) is 0 Å². The Morgan fingerprint density at radius 2 is 1.92 bits per heavy atom. The van der Waals surface area contributed by atoms with E-state index in [9.17, 15) is 4.39 Å². The molecule has 1 aromatic heterocycles. The number of hydrogen-bond acceptors (Lipinski definition) is 4. The van der Waals surface area contributed by atoms with Crippen molar-refractivity contribution in [2.45, 2.75) is 13.3 Å². The maximum Gasteiger partial charge on any atom is 0.225 e. The third-order valence-corrected chi connectivity index (χ3v) is 4.30. The van der Waals surface area contributed by atoms with Gasteiger partial charge in [-0.2, -0.15) is 0 Å². The van der Waals surface area contributed by atoms with Crippen molar-refractivity contribution in [3.05, 3.63) is 54.1 Å². The summed E-state index contributed by atoms with van der Waals surface area (Å²) in [5.74, 6) is 1.50. The van der Waals surface area contributed by atoms with Gasteiger partial charge in [0.1, 0.15) is 5.82 Å². The average molecular weight is 356 g/mol. The van der Waals surface area contributed by atoms with Crippen molar-refractivity contribution in [3.8, 4) is 0 Å². The van der Waals surface area contributed by atoms with Gasteiger partial charge in [0.2, 0.25) is 5.95 Å². The Balaban J connectivity index is 1.56. The predicted octanol–water partition coefficient (Wildman–Crippen LogP) is 1.95. The Kier molecular flexibility index (Phi) is 6.35. The van der Waals surface area contributed by atoms with Crippen LogP contribution >= 0.6 is 0 Å². The molecular weight excluding hydrogens is 331 g/mol. The molecule has 0 amide bonds. The molecule has 2 heterocycles. The van der Waals surface area contributed by atoms with Crippen LogP contribution in [0.2, 0.25) is 0 Å². The van der Waals surface area contributed by atoms with Crippen LogP contribution in [0.1, 0.15) is 12.5 Å². The fourth-order valence-corrected chi connectivity index (χ4v) is 2.98. The number of benzene rings is 1. The van der Waals surface area contributed by atoms with Crippen LogP contribution in [-0.4, -0.2) is 60.1 Å². The summed E-state index contributed by atoms with van der Waals surface area (Å²) in [4.78, 5) is 17.8. The lowest BCUT2D eigenvalue weighted by Crippen LogP contribution is -2.53. The molecule has 0 radical (unpaired) electrons.